The van der Waals surface area contributed by atoms with Gasteiger partial charge in [-0.1, -0.05) is 19.1 Å². The lowest BCUT2D eigenvalue weighted by Gasteiger charge is -2.40. The Morgan fingerprint density at radius 2 is 1.66 bits per heavy atom. The molecule has 188 valence electrons. The van der Waals surface area contributed by atoms with Gasteiger partial charge in [0.1, 0.15) is 5.75 Å². The highest BCUT2D eigenvalue weighted by molar-refractivity contribution is 5.51. The average Bonchev–Trinajstić information content (AvgIpc) is 3.39. The Labute approximate surface area is 207 Å². The summed E-state index contributed by atoms with van der Waals surface area (Å²) in [6.07, 6.45) is 0.910. The van der Waals surface area contributed by atoms with Gasteiger partial charge in [0.15, 0.2) is 17.3 Å². The Kier molecular flexibility index (Phi) is 7.45. The molecule has 1 aliphatic rings. The molecule has 0 saturated carbocycles. The van der Waals surface area contributed by atoms with E-state index >= 15 is 0 Å². The molecule has 2 heterocycles. The number of anilines is 1. The summed E-state index contributed by atoms with van der Waals surface area (Å²) in [5.74, 6) is 3.10. The summed E-state index contributed by atoms with van der Waals surface area (Å²) < 4.78 is 18.5. The van der Waals surface area contributed by atoms with Crippen molar-refractivity contribution >= 4 is 5.69 Å². The predicted molar refractivity (Wildman–Crippen MR) is 136 cm³/mol. The van der Waals surface area contributed by atoms with Gasteiger partial charge in [-0.15, -0.1) is 5.10 Å². The first-order valence-corrected chi connectivity index (χ1v) is 12.1. The lowest BCUT2D eigenvalue weighted by molar-refractivity contribution is 0.187. The maximum atomic E-state index is 5.63. The molecule has 35 heavy (non-hydrogen) atoms. The van der Waals surface area contributed by atoms with Crippen LogP contribution in [0, 0.1) is 0 Å². The van der Waals surface area contributed by atoms with Crippen molar-refractivity contribution in [2.75, 3.05) is 52.4 Å². The average molecular weight is 481 g/mol. The van der Waals surface area contributed by atoms with E-state index in [0.717, 1.165) is 49.7 Å². The molecule has 9 nitrogen and oxygen atoms in total. The van der Waals surface area contributed by atoms with E-state index in [0.29, 0.717) is 11.5 Å². The number of hydrogen-bond donors (Lipinski definition) is 0. The first kappa shape index (κ1) is 24.8. The zero-order chi connectivity index (χ0) is 25.0. The van der Waals surface area contributed by atoms with Gasteiger partial charge in [0.2, 0.25) is 0 Å². The predicted octanol–water partition coefficient (Wildman–Crippen LogP) is 3.76. The van der Waals surface area contributed by atoms with E-state index < -0.39 is 0 Å². The molecule has 0 radical (unpaired) electrons. The largest absolute Gasteiger partial charge is 0.497 e. The highest BCUT2D eigenvalue weighted by atomic mass is 16.5. The molecule has 2 aromatic carbocycles. The van der Waals surface area contributed by atoms with Crippen molar-refractivity contribution in [2.24, 2.45) is 0 Å². The van der Waals surface area contributed by atoms with Crippen molar-refractivity contribution in [1.82, 2.24) is 25.1 Å². The number of methoxy groups -OCH3 is 3. The second-order valence-electron chi connectivity index (χ2n) is 9.36. The van der Waals surface area contributed by atoms with E-state index in [1.165, 1.54) is 5.69 Å². The minimum Gasteiger partial charge on any atom is -0.497 e. The molecule has 9 heteroatoms. The zero-order valence-corrected chi connectivity index (χ0v) is 21.6. The van der Waals surface area contributed by atoms with Gasteiger partial charge in [0.05, 0.1) is 32.9 Å². The molecule has 0 aliphatic carbocycles. The molecule has 0 unspecified atom stereocenters. The van der Waals surface area contributed by atoms with Crippen molar-refractivity contribution in [1.29, 1.82) is 0 Å². The van der Waals surface area contributed by atoms with E-state index in [1.54, 1.807) is 21.3 Å². The van der Waals surface area contributed by atoms with Crippen LogP contribution in [0.3, 0.4) is 0 Å². The number of nitrogens with zero attached hydrogens (tertiary/aromatic N) is 6. The Morgan fingerprint density at radius 3 is 2.31 bits per heavy atom. The fraction of sp³-hybridized carbons (Fsp3) is 0.500. The van der Waals surface area contributed by atoms with Crippen LogP contribution in [0.4, 0.5) is 5.69 Å². The van der Waals surface area contributed by atoms with Gasteiger partial charge in [-0.05, 0) is 60.5 Å². The zero-order valence-electron chi connectivity index (χ0n) is 21.6. The number of benzene rings is 2. The molecule has 3 aromatic rings. The summed E-state index contributed by atoms with van der Waals surface area (Å²) >= 11 is 0. The molecule has 1 saturated heterocycles. The Bertz CT molecular complexity index is 1120. The van der Waals surface area contributed by atoms with Crippen molar-refractivity contribution < 1.29 is 14.2 Å². The van der Waals surface area contributed by atoms with Crippen molar-refractivity contribution in [2.45, 2.75) is 38.8 Å². The van der Waals surface area contributed by atoms with Gasteiger partial charge < -0.3 is 19.1 Å². The standard InChI is InChI=1S/C26H36N6O3/c1-7-26(2,3)32-25(27-28-29-32)24(19-11-12-22(34-5)23(17-19)35-6)31-15-13-30(14-16-31)20-9-8-10-21(18-20)33-4/h8-12,17-18,24H,7,13-16H2,1-6H3/t24-/m0/s1. The van der Waals surface area contributed by atoms with E-state index in [-0.39, 0.29) is 11.6 Å². The third-order valence-corrected chi connectivity index (χ3v) is 7.00. The molecule has 1 atom stereocenters. The monoisotopic (exact) mass is 480 g/mol. The summed E-state index contributed by atoms with van der Waals surface area (Å²) in [5, 5.41) is 13.0. The lowest BCUT2D eigenvalue weighted by Crippen LogP contribution is -2.48. The summed E-state index contributed by atoms with van der Waals surface area (Å²) in [4.78, 5) is 4.84. The molecule has 0 bridgehead atoms. The van der Waals surface area contributed by atoms with E-state index in [9.17, 15) is 0 Å². The first-order valence-electron chi connectivity index (χ1n) is 12.1. The van der Waals surface area contributed by atoms with Gasteiger partial charge in [-0.25, -0.2) is 4.68 Å². The minimum absolute atomic E-state index is 0.122. The first-order chi connectivity index (χ1) is 16.9. The smallest absolute Gasteiger partial charge is 0.173 e. The van der Waals surface area contributed by atoms with Gasteiger partial charge in [-0.2, -0.15) is 0 Å². The molecule has 0 N–H and O–H groups in total. The fourth-order valence-corrected chi connectivity index (χ4v) is 4.54. The van der Waals surface area contributed by atoms with E-state index in [2.05, 4.69) is 64.3 Å². The van der Waals surface area contributed by atoms with E-state index in [1.807, 2.05) is 28.9 Å². The quantitative estimate of drug-likeness (QED) is 0.458. The van der Waals surface area contributed by atoms with Gasteiger partial charge in [-0.3, -0.25) is 4.90 Å². The van der Waals surface area contributed by atoms with Gasteiger partial charge in [0.25, 0.3) is 0 Å². The van der Waals surface area contributed by atoms with Crippen molar-refractivity contribution in [3.63, 3.8) is 0 Å². The maximum absolute atomic E-state index is 5.63. The van der Waals surface area contributed by atoms with Crippen LogP contribution in [0.2, 0.25) is 0 Å². The van der Waals surface area contributed by atoms with Gasteiger partial charge >= 0.3 is 0 Å². The van der Waals surface area contributed by atoms with Crippen LogP contribution >= 0.6 is 0 Å². The number of tetrazole rings is 1. The molecular formula is C26H36N6O3. The molecule has 0 amide bonds. The van der Waals surface area contributed by atoms with Crippen LogP contribution in [0.25, 0.3) is 0 Å². The summed E-state index contributed by atoms with van der Waals surface area (Å²) in [5.41, 5.74) is 2.03. The Hall–Kier alpha value is -3.33. The number of hydrogen-bond acceptors (Lipinski definition) is 8. The fourth-order valence-electron chi connectivity index (χ4n) is 4.54. The van der Waals surface area contributed by atoms with Crippen LogP contribution in [0.1, 0.15) is 44.6 Å². The normalized spacial score (nSPS) is 15.7. The van der Waals surface area contributed by atoms with Crippen LogP contribution in [-0.4, -0.2) is 72.6 Å². The molecule has 0 spiro atoms. The Morgan fingerprint density at radius 1 is 0.914 bits per heavy atom. The number of rotatable bonds is 9. The topological polar surface area (TPSA) is 77.8 Å². The Balaban J connectivity index is 1.68. The van der Waals surface area contributed by atoms with Crippen LogP contribution in [0.15, 0.2) is 42.5 Å². The molecule has 4 rings (SSSR count). The molecule has 1 fully saturated rings. The highest BCUT2D eigenvalue weighted by Gasteiger charge is 2.34. The second-order valence-corrected chi connectivity index (χ2v) is 9.36. The number of aromatic nitrogens is 4. The van der Waals surface area contributed by atoms with Crippen LogP contribution in [0.5, 0.6) is 17.2 Å². The van der Waals surface area contributed by atoms with Crippen molar-refractivity contribution in [3.8, 4) is 17.2 Å². The maximum Gasteiger partial charge on any atom is 0.173 e. The van der Waals surface area contributed by atoms with Gasteiger partial charge in [0, 0.05) is 37.9 Å². The number of ether oxygens (including phenoxy) is 3. The third kappa shape index (κ3) is 5.05. The highest BCUT2D eigenvalue weighted by Crippen LogP contribution is 2.36. The lowest BCUT2D eigenvalue weighted by atomic mass is 9.98. The van der Waals surface area contributed by atoms with Crippen molar-refractivity contribution in [3.05, 3.63) is 53.9 Å². The second kappa shape index (κ2) is 10.5. The molecular weight excluding hydrogens is 444 g/mol. The minimum atomic E-state index is -0.212. The van der Waals surface area contributed by atoms with E-state index in [4.69, 9.17) is 14.2 Å². The third-order valence-electron chi connectivity index (χ3n) is 7.00. The molecule has 1 aliphatic heterocycles. The van der Waals surface area contributed by atoms with Crippen LogP contribution in [-0.2, 0) is 5.54 Å². The summed E-state index contributed by atoms with van der Waals surface area (Å²) in [7, 11) is 5.01. The summed E-state index contributed by atoms with van der Waals surface area (Å²) in [6, 6.07) is 14.2. The SMILES string of the molecule is CCC(C)(C)n1nnnc1[C@H](c1ccc(OC)c(OC)c1)N1CCN(c2cccc(OC)c2)CC1. The van der Waals surface area contributed by atoms with Crippen LogP contribution < -0.4 is 19.1 Å². The number of piperazine rings is 1. The molecule has 1 aromatic heterocycles. The summed E-state index contributed by atoms with van der Waals surface area (Å²) in [6.45, 7) is 9.97.